The Balaban J connectivity index is 1.24. The molecule has 2 aromatic heterocycles. The SMILES string of the molecule is Cc1nc(C(=O)N2[C@H](CNC(=O)c3cccc4cccnc34)C[C@@H]3C[C@@H]32)c(-c2ccc(F)c(F)c2)s1. The maximum Gasteiger partial charge on any atom is 0.274 e. The van der Waals surface area contributed by atoms with Crippen molar-refractivity contribution in [3.05, 3.63) is 82.6 Å². The first-order chi connectivity index (χ1) is 17.4. The highest BCUT2D eigenvalue weighted by Gasteiger charge is 2.54. The average molecular weight is 505 g/mol. The summed E-state index contributed by atoms with van der Waals surface area (Å²) < 4.78 is 27.4. The maximum atomic E-state index is 13.9. The largest absolute Gasteiger partial charge is 0.350 e. The van der Waals surface area contributed by atoms with Crippen LogP contribution in [0.2, 0.25) is 0 Å². The molecule has 0 spiro atoms. The summed E-state index contributed by atoms with van der Waals surface area (Å²) in [6.45, 7) is 2.09. The Morgan fingerprint density at radius 3 is 2.78 bits per heavy atom. The Morgan fingerprint density at radius 2 is 1.94 bits per heavy atom. The number of nitrogens with one attached hydrogen (secondary N) is 1. The van der Waals surface area contributed by atoms with Gasteiger partial charge in [-0.15, -0.1) is 11.3 Å². The van der Waals surface area contributed by atoms with Gasteiger partial charge < -0.3 is 10.2 Å². The van der Waals surface area contributed by atoms with Crippen molar-refractivity contribution in [2.24, 2.45) is 5.92 Å². The van der Waals surface area contributed by atoms with Crippen molar-refractivity contribution >= 4 is 34.1 Å². The summed E-state index contributed by atoms with van der Waals surface area (Å²) in [7, 11) is 0. The highest BCUT2D eigenvalue weighted by Crippen LogP contribution is 2.48. The lowest BCUT2D eigenvalue weighted by Gasteiger charge is -2.27. The Hall–Kier alpha value is -3.72. The number of hydrogen-bond acceptors (Lipinski definition) is 5. The van der Waals surface area contributed by atoms with Crippen molar-refractivity contribution in [2.75, 3.05) is 6.54 Å². The standard InChI is InChI=1S/C27H22F2N4O2S/c1-14-32-24(25(36-14)16-7-8-20(28)21(29)11-16)27(35)33-18(10-17-12-22(17)33)13-31-26(34)19-6-2-4-15-5-3-9-30-23(15)19/h2-9,11,17-18,22H,10,12-13H2,1H3,(H,31,34)/t17-,18+,22+/m1/s1. The molecule has 1 N–H and O–H groups in total. The van der Waals surface area contributed by atoms with E-state index in [1.165, 1.54) is 17.4 Å². The smallest absolute Gasteiger partial charge is 0.274 e. The second-order valence-electron chi connectivity index (χ2n) is 9.30. The quantitative estimate of drug-likeness (QED) is 0.416. The fourth-order valence-electron chi connectivity index (χ4n) is 5.18. The highest BCUT2D eigenvalue weighted by atomic mass is 32.1. The van der Waals surface area contributed by atoms with Gasteiger partial charge in [0, 0.05) is 24.2 Å². The monoisotopic (exact) mass is 504 g/mol. The molecule has 2 aromatic carbocycles. The second kappa shape index (κ2) is 8.74. The predicted octanol–water partition coefficient (Wildman–Crippen LogP) is 4.98. The fraction of sp³-hybridized carbons (Fsp3) is 0.259. The summed E-state index contributed by atoms with van der Waals surface area (Å²) in [6.07, 6.45) is 3.38. The summed E-state index contributed by atoms with van der Waals surface area (Å²) in [5.74, 6) is -1.98. The molecule has 1 aliphatic heterocycles. The third kappa shape index (κ3) is 3.93. The molecule has 36 heavy (non-hydrogen) atoms. The highest BCUT2D eigenvalue weighted by molar-refractivity contribution is 7.15. The molecular formula is C27H22F2N4O2S. The number of aryl methyl sites for hydroxylation is 1. The fourth-order valence-corrected chi connectivity index (χ4v) is 6.08. The van der Waals surface area contributed by atoms with Crippen LogP contribution in [-0.4, -0.2) is 45.3 Å². The topological polar surface area (TPSA) is 75.2 Å². The number of hydrogen-bond donors (Lipinski definition) is 1. The zero-order valence-electron chi connectivity index (χ0n) is 19.4. The first kappa shape index (κ1) is 22.7. The van der Waals surface area contributed by atoms with Gasteiger partial charge in [-0.2, -0.15) is 0 Å². The minimum Gasteiger partial charge on any atom is -0.350 e. The van der Waals surface area contributed by atoms with Crippen LogP contribution >= 0.6 is 11.3 Å². The van der Waals surface area contributed by atoms with E-state index in [1.807, 2.05) is 29.2 Å². The van der Waals surface area contributed by atoms with E-state index in [4.69, 9.17) is 0 Å². The molecule has 1 saturated heterocycles. The van der Waals surface area contributed by atoms with Crippen LogP contribution < -0.4 is 5.32 Å². The third-order valence-electron chi connectivity index (χ3n) is 6.94. The van der Waals surface area contributed by atoms with Crippen molar-refractivity contribution in [1.29, 1.82) is 0 Å². The lowest BCUT2D eigenvalue weighted by Crippen LogP contribution is -2.45. The van der Waals surface area contributed by atoms with E-state index in [0.29, 0.717) is 39.0 Å². The van der Waals surface area contributed by atoms with E-state index in [-0.39, 0.29) is 29.6 Å². The first-order valence-electron chi connectivity index (χ1n) is 11.8. The van der Waals surface area contributed by atoms with Gasteiger partial charge in [-0.1, -0.05) is 24.3 Å². The van der Waals surface area contributed by atoms with Gasteiger partial charge >= 0.3 is 0 Å². The Bertz CT molecular complexity index is 1520. The van der Waals surface area contributed by atoms with Gasteiger partial charge in [0.15, 0.2) is 11.6 Å². The van der Waals surface area contributed by atoms with Crippen LogP contribution in [0.4, 0.5) is 8.78 Å². The number of likely N-dealkylation sites (tertiary alicyclic amines) is 1. The van der Waals surface area contributed by atoms with E-state index in [0.717, 1.165) is 30.4 Å². The van der Waals surface area contributed by atoms with Gasteiger partial charge in [0.05, 0.1) is 27.0 Å². The van der Waals surface area contributed by atoms with Crippen LogP contribution in [-0.2, 0) is 0 Å². The Morgan fingerprint density at radius 1 is 1.11 bits per heavy atom. The molecule has 3 atom stereocenters. The summed E-state index contributed by atoms with van der Waals surface area (Å²) in [6, 6.07) is 12.8. The van der Waals surface area contributed by atoms with Crippen LogP contribution in [0.1, 0.15) is 38.7 Å². The van der Waals surface area contributed by atoms with Crippen molar-refractivity contribution in [3.63, 3.8) is 0 Å². The predicted molar refractivity (Wildman–Crippen MR) is 133 cm³/mol. The molecule has 0 radical (unpaired) electrons. The molecular weight excluding hydrogens is 482 g/mol. The van der Waals surface area contributed by atoms with E-state index >= 15 is 0 Å². The summed E-state index contributed by atoms with van der Waals surface area (Å²) in [4.78, 5) is 37.9. The molecule has 1 aliphatic carbocycles. The number of nitrogens with zero attached hydrogens (tertiary/aromatic N) is 3. The lowest BCUT2D eigenvalue weighted by molar-refractivity contribution is 0.0684. The molecule has 2 amide bonds. The van der Waals surface area contributed by atoms with Gasteiger partial charge in [-0.3, -0.25) is 14.6 Å². The second-order valence-corrected chi connectivity index (χ2v) is 10.5. The van der Waals surface area contributed by atoms with Crippen LogP contribution in [0.3, 0.4) is 0 Å². The van der Waals surface area contributed by atoms with Gasteiger partial charge in [0.25, 0.3) is 11.8 Å². The first-order valence-corrected chi connectivity index (χ1v) is 12.6. The van der Waals surface area contributed by atoms with Crippen molar-refractivity contribution in [1.82, 2.24) is 20.2 Å². The molecule has 1 saturated carbocycles. The van der Waals surface area contributed by atoms with E-state index in [1.54, 1.807) is 19.2 Å². The molecule has 6 nitrogen and oxygen atoms in total. The summed E-state index contributed by atoms with van der Waals surface area (Å²) >= 11 is 1.28. The zero-order valence-corrected chi connectivity index (χ0v) is 20.2. The number of pyridine rings is 1. The van der Waals surface area contributed by atoms with E-state index in [2.05, 4.69) is 15.3 Å². The number of rotatable bonds is 5. The third-order valence-corrected chi connectivity index (χ3v) is 7.96. The Labute approximate surface area is 210 Å². The molecule has 2 fully saturated rings. The summed E-state index contributed by atoms with van der Waals surface area (Å²) in [5, 5.41) is 4.54. The number of carbonyl (C=O) groups excluding carboxylic acids is 2. The summed E-state index contributed by atoms with van der Waals surface area (Å²) in [5.41, 5.74) is 1.78. The number of halogens is 2. The van der Waals surface area contributed by atoms with Crippen molar-refractivity contribution < 1.29 is 18.4 Å². The number of fused-ring (bicyclic) bond motifs is 2. The van der Waals surface area contributed by atoms with E-state index < -0.39 is 11.6 Å². The van der Waals surface area contributed by atoms with Crippen LogP contribution in [0.15, 0.2) is 54.7 Å². The molecule has 4 aromatic rings. The van der Waals surface area contributed by atoms with Crippen molar-refractivity contribution in [3.8, 4) is 10.4 Å². The molecule has 3 heterocycles. The van der Waals surface area contributed by atoms with Gasteiger partial charge in [0.1, 0.15) is 5.69 Å². The van der Waals surface area contributed by atoms with Gasteiger partial charge in [0.2, 0.25) is 0 Å². The number of piperidine rings is 1. The maximum absolute atomic E-state index is 13.9. The van der Waals surface area contributed by atoms with Crippen molar-refractivity contribution in [2.45, 2.75) is 31.8 Å². The van der Waals surface area contributed by atoms with Gasteiger partial charge in [-0.05, 0) is 55.5 Å². The number of para-hydroxylation sites is 1. The minimum atomic E-state index is -0.969. The molecule has 2 aliphatic rings. The van der Waals surface area contributed by atoms with Crippen LogP contribution in [0.5, 0.6) is 0 Å². The average Bonchev–Trinajstić information content (AvgIpc) is 3.37. The van der Waals surface area contributed by atoms with E-state index in [9.17, 15) is 18.4 Å². The van der Waals surface area contributed by atoms with Gasteiger partial charge in [-0.25, -0.2) is 13.8 Å². The molecule has 0 unspecified atom stereocenters. The number of thiazole rings is 1. The number of aromatic nitrogens is 2. The normalized spacial score (nSPS) is 20.4. The molecule has 0 bridgehead atoms. The minimum absolute atomic E-state index is 0.110. The molecule has 182 valence electrons. The van der Waals surface area contributed by atoms with Crippen LogP contribution in [0, 0.1) is 24.5 Å². The Kier molecular flexibility index (Phi) is 5.52. The number of amides is 2. The molecule has 9 heteroatoms. The van der Waals surface area contributed by atoms with Crippen LogP contribution in [0.25, 0.3) is 21.3 Å². The molecule has 6 rings (SSSR count). The zero-order chi connectivity index (χ0) is 25.0. The number of benzene rings is 2. The number of carbonyl (C=O) groups is 2. The lowest BCUT2D eigenvalue weighted by atomic mass is 10.1.